The predicted molar refractivity (Wildman–Crippen MR) is 110 cm³/mol. The quantitative estimate of drug-likeness (QED) is 0.860. The van der Waals surface area contributed by atoms with Gasteiger partial charge in [0.2, 0.25) is 11.9 Å². The van der Waals surface area contributed by atoms with Crippen LogP contribution in [-0.4, -0.2) is 52.4 Å². The van der Waals surface area contributed by atoms with Crippen LogP contribution in [0.25, 0.3) is 11.1 Å². The topological polar surface area (TPSA) is 75.4 Å². The van der Waals surface area contributed by atoms with Gasteiger partial charge in [-0.1, -0.05) is 12.1 Å². The largest absolute Gasteiger partial charge is 0.368 e. The summed E-state index contributed by atoms with van der Waals surface area (Å²) in [6.45, 7) is 2.62. The summed E-state index contributed by atoms with van der Waals surface area (Å²) in [7, 11) is 2.10. The molecule has 154 valence electrons. The number of benzene rings is 1. The number of piperidine rings is 2. The van der Waals surface area contributed by atoms with Crippen molar-refractivity contribution in [2.75, 3.05) is 32.4 Å². The number of aromatic nitrogens is 2. The third kappa shape index (κ3) is 4.24. The average molecular weight is 397 g/mol. The summed E-state index contributed by atoms with van der Waals surface area (Å²) in [5.74, 6) is 0.138. The Bertz CT molecular complexity index is 881. The van der Waals surface area contributed by atoms with Gasteiger partial charge in [0.25, 0.3) is 0 Å². The molecule has 2 fully saturated rings. The lowest BCUT2D eigenvalue weighted by Gasteiger charge is -2.39. The molecule has 7 heteroatoms. The van der Waals surface area contributed by atoms with E-state index < -0.39 is 0 Å². The Kier molecular flexibility index (Phi) is 5.76. The van der Waals surface area contributed by atoms with Gasteiger partial charge in [-0.3, -0.25) is 4.79 Å². The molecule has 0 saturated carbocycles. The molecule has 29 heavy (non-hydrogen) atoms. The lowest BCUT2D eigenvalue weighted by Crippen LogP contribution is -2.45. The Balaban J connectivity index is 1.68. The predicted octanol–water partition coefficient (Wildman–Crippen LogP) is 3.26. The van der Waals surface area contributed by atoms with Gasteiger partial charge in [0.05, 0.1) is 11.7 Å². The van der Waals surface area contributed by atoms with Gasteiger partial charge in [-0.2, -0.15) is 0 Å². The fourth-order valence-electron chi connectivity index (χ4n) is 4.51. The standard InChI is InChI=1S/C22H28FN5O/c1-27-11-8-15(9-12-27)21(29)28-10-3-2-7-19(28)20-18(14-25-22(24)26-20)16-5-4-6-17(23)13-16/h4-6,13-15,19H,2-3,7-12H2,1H3,(H2,24,25,26)/t19-/m1/s1. The van der Waals surface area contributed by atoms with Crippen molar-refractivity contribution in [3.8, 4) is 11.1 Å². The second kappa shape index (κ2) is 8.45. The molecule has 2 N–H and O–H groups in total. The third-order valence-corrected chi connectivity index (χ3v) is 6.14. The molecule has 0 aliphatic carbocycles. The number of halogens is 1. The van der Waals surface area contributed by atoms with Crippen LogP contribution in [0.5, 0.6) is 0 Å². The maximum absolute atomic E-state index is 13.9. The number of likely N-dealkylation sites (tertiary alicyclic amines) is 2. The van der Waals surface area contributed by atoms with Crippen LogP contribution in [0.2, 0.25) is 0 Å². The molecule has 2 saturated heterocycles. The molecule has 0 bridgehead atoms. The van der Waals surface area contributed by atoms with Crippen LogP contribution >= 0.6 is 0 Å². The van der Waals surface area contributed by atoms with E-state index in [0.717, 1.165) is 63.0 Å². The van der Waals surface area contributed by atoms with E-state index in [1.165, 1.54) is 12.1 Å². The van der Waals surface area contributed by atoms with Gasteiger partial charge in [0.1, 0.15) is 5.82 Å². The van der Waals surface area contributed by atoms with Gasteiger partial charge in [-0.05, 0) is 69.9 Å². The van der Waals surface area contributed by atoms with Gasteiger partial charge >= 0.3 is 0 Å². The zero-order valence-corrected chi connectivity index (χ0v) is 16.9. The molecule has 2 aromatic rings. The van der Waals surface area contributed by atoms with E-state index in [-0.39, 0.29) is 29.6 Å². The molecular weight excluding hydrogens is 369 g/mol. The number of carbonyl (C=O) groups excluding carboxylic acids is 1. The minimum Gasteiger partial charge on any atom is -0.368 e. The van der Waals surface area contributed by atoms with Gasteiger partial charge < -0.3 is 15.5 Å². The van der Waals surface area contributed by atoms with Crippen LogP contribution in [0.1, 0.15) is 43.8 Å². The van der Waals surface area contributed by atoms with Crippen molar-refractivity contribution in [2.45, 2.75) is 38.1 Å². The van der Waals surface area contributed by atoms with Crippen molar-refractivity contribution in [3.63, 3.8) is 0 Å². The Morgan fingerprint density at radius 3 is 2.72 bits per heavy atom. The number of rotatable bonds is 3. The molecule has 1 amide bonds. The third-order valence-electron chi connectivity index (χ3n) is 6.14. The molecule has 6 nitrogen and oxygen atoms in total. The number of amides is 1. The Morgan fingerprint density at radius 2 is 1.97 bits per heavy atom. The molecule has 1 aromatic heterocycles. The summed E-state index contributed by atoms with van der Waals surface area (Å²) in [4.78, 5) is 26.3. The summed E-state index contributed by atoms with van der Waals surface area (Å²) >= 11 is 0. The van der Waals surface area contributed by atoms with Crippen molar-refractivity contribution < 1.29 is 9.18 Å². The van der Waals surface area contributed by atoms with E-state index in [2.05, 4.69) is 21.9 Å². The summed E-state index contributed by atoms with van der Waals surface area (Å²) in [6.07, 6.45) is 6.28. The van der Waals surface area contributed by atoms with Gasteiger partial charge in [0.15, 0.2) is 0 Å². The van der Waals surface area contributed by atoms with Crippen molar-refractivity contribution >= 4 is 11.9 Å². The van der Waals surface area contributed by atoms with Crippen LogP contribution in [0.15, 0.2) is 30.5 Å². The minimum absolute atomic E-state index is 0.0589. The highest BCUT2D eigenvalue weighted by atomic mass is 19.1. The highest BCUT2D eigenvalue weighted by molar-refractivity contribution is 5.80. The van der Waals surface area contributed by atoms with Crippen molar-refractivity contribution in [1.82, 2.24) is 19.8 Å². The number of hydrogen-bond donors (Lipinski definition) is 1. The molecule has 0 radical (unpaired) electrons. The molecule has 4 rings (SSSR count). The second-order valence-corrected chi connectivity index (χ2v) is 8.16. The van der Waals surface area contributed by atoms with E-state index in [4.69, 9.17) is 5.73 Å². The molecule has 1 atom stereocenters. The number of nitrogens with zero attached hydrogens (tertiary/aromatic N) is 4. The van der Waals surface area contributed by atoms with E-state index in [1.807, 2.05) is 11.0 Å². The molecule has 0 spiro atoms. The average Bonchev–Trinajstić information content (AvgIpc) is 2.74. The lowest BCUT2D eigenvalue weighted by molar-refractivity contribution is -0.141. The number of nitrogens with two attached hydrogens (primary N) is 1. The second-order valence-electron chi connectivity index (χ2n) is 8.16. The maximum Gasteiger partial charge on any atom is 0.226 e. The first kappa shape index (κ1) is 19.8. The van der Waals surface area contributed by atoms with E-state index >= 15 is 0 Å². The van der Waals surface area contributed by atoms with E-state index in [9.17, 15) is 9.18 Å². The van der Waals surface area contributed by atoms with Crippen LogP contribution in [0.4, 0.5) is 10.3 Å². The number of anilines is 1. The van der Waals surface area contributed by atoms with Gasteiger partial charge in [0, 0.05) is 24.2 Å². The maximum atomic E-state index is 13.9. The SMILES string of the molecule is CN1CCC(C(=O)N2CCCC[C@@H]2c2nc(N)ncc2-c2cccc(F)c2)CC1. The Labute approximate surface area is 170 Å². The van der Waals surface area contributed by atoms with Crippen molar-refractivity contribution in [2.24, 2.45) is 5.92 Å². The smallest absolute Gasteiger partial charge is 0.226 e. The van der Waals surface area contributed by atoms with Crippen LogP contribution < -0.4 is 5.73 Å². The van der Waals surface area contributed by atoms with Crippen LogP contribution in [0.3, 0.4) is 0 Å². The summed E-state index contributed by atoms with van der Waals surface area (Å²) in [5, 5.41) is 0. The van der Waals surface area contributed by atoms with E-state index in [0.29, 0.717) is 5.56 Å². The molecule has 2 aliphatic heterocycles. The zero-order valence-electron chi connectivity index (χ0n) is 16.9. The first-order chi connectivity index (χ1) is 14.0. The number of nitrogen functional groups attached to an aromatic ring is 1. The first-order valence-corrected chi connectivity index (χ1v) is 10.4. The Hall–Kier alpha value is -2.54. The van der Waals surface area contributed by atoms with Crippen molar-refractivity contribution in [1.29, 1.82) is 0 Å². The monoisotopic (exact) mass is 397 g/mol. The van der Waals surface area contributed by atoms with E-state index in [1.54, 1.807) is 12.3 Å². The first-order valence-electron chi connectivity index (χ1n) is 10.4. The fraction of sp³-hybridized carbons (Fsp3) is 0.500. The summed E-state index contributed by atoms with van der Waals surface area (Å²) < 4.78 is 13.9. The normalized spacial score (nSPS) is 21.3. The van der Waals surface area contributed by atoms with Crippen LogP contribution in [-0.2, 0) is 4.79 Å². The Morgan fingerprint density at radius 1 is 1.17 bits per heavy atom. The number of carbonyl (C=O) groups is 1. The number of hydrogen-bond acceptors (Lipinski definition) is 5. The van der Waals surface area contributed by atoms with Gasteiger partial charge in [-0.15, -0.1) is 0 Å². The fourth-order valence-corrected chi connectivity index (χ4v) is 4.51. The summed E-state index contributed by atoms with van der Waals surface area (Å²) in [5.41, 5.74) is 8.09. The summed E-state index contributed by atoms with van der Waals surface area (Å²) in [6, 6.07) is 6.25. The molecule has 3 heterocycles. The van der Waals surface area contributed by atoms with Gasteiger partial charge in [-0.25, -0.2) is 14.4 Å². The molecule has 2 aliphatic rings. The highest BCUT2D eigenvalue weighted by Gasteiger charge is 2.35. The highest BCUT2D eigenvalue weighted by Crippen LogP contribution is 2.37. The molecule has 1 aromatic carbocycles. The molecule has 0 unspecified atom stereocenters. The minimum atomic E-state index is -0.312. The van der Waals surface area contributed by atoms with Crippen LogP contribution in [0, 0.1) is 11.7 Å². The molecular formula is C22H28FN5O. The van der Waals surface area contributed by atoms with Crippen molar-refractivity contribution in [3.05, 3.63) is 42.0 Å². The lowest BCUT2D eigenvalue weighted by atomic mass is 9.90. The zero-order chi connectivity index (χ0) is 20.4.